The van der Waals surface area contributed by atoms with Crippen LogP contribution in [0.3, 0.4) is 0 Å². The molecule has 0 aromatic carbocycles. The molecule has 0 aliphatic rings. The van der Waals surface area contributed by atoms with Crippen LogP contribution < -0.4 is 5.63 Å². The van der Waals surface area contributed by atoms with Crippen molar-refractivity contribution in [2.45, 2.75) is 47.0 Å². The lowest BCUT2D eigenvalue weighted by Crippen LogP contribution is -2.21. The first kappa shape index (κ1) is 14.5. The lowest BCUT2D eigenvalue weighted by Gasteiger charge is -2.11. The molecule has 1 rings (SSSR count). The predicted molar refractivity (Wildman–Crippen MR) is 69.0 cm³/mol. The fourth-order valence-corrected chi connectivity index (χ4v) is 1.98. The van der Waals surface area contributed by atoms with Crippen molar-refractivity contribution in [3.8, 4) is 0 Å². The molecule has 1 aromatic heterocycles. The maximum absolute atomic E-state index is 11.7. The number of ether oxygens (including phenoxy) is 1. The molecule has 0 aliphatic heterocycles. The molecule has 4 nitrogen and oxygen atoms in total. The van der Waals surface area contributed by atoms with E-state index in [1.54, 1.807) is 20.8 Å². The summed E-state index contributed by atoms with van der Waals surface area (Å²) in [6, 6.07) is 0. The molecule has 0 fully saturated rings. The predicted octanol–water partition coefficient (Wildman–Crippen LogP) is 2.78. The van der Waals surface area contributed by atoms with Crippen molar-refractivity contribution in [3.05, 3.63) is 32.9 Å². The largest absolute Gasteiger partial charge is 0.462 e. The average Bonchev–Trinajstić information content (AvgIpc) is 2.28. The van der Waals surface area contributed by atoms with Crippen molar-refractivity contribution in [1.82, 2.24) is 0 Å². The maximum atomic E-state index is 11.7. The lowest BCUT2D eigenvalue weighted by atomic mass is 9.99. The van der Waals surface area contributed by atoms with Crippen molar-refractivity contribution in [3.63, 3.8) is 0 Å². The molecular weight excluding hydrogens is 232 g/mol. The van der Waals surface area contributed by atoms with Gasteiger partial charge in [0.25, 0.3) is 0 Å². The summed E-state index contributed by atoms with van der Waals surface area (Å²) in [4.78, 5) is 23.5. The van der Waals surface area contributed by atoms with E-state index in [4.69, 9.17) is 9.15 Å². The Balaban J connectivity index is 3.26. The van der Waals surface area contributed by atoms with E-state index in [1.165, 1.54) is 0 Å². The molecule has 100 valence electrons. The fraction of sp³-hybridized carbons (Fsp3) is 0.571. The highest BCUT2D eigenvalue weighted by atomic mass is 16.5. The van der Waals surface area contributed by atoms with Crippen LogP contribution in [0.1, 0.15) is 53.9 Å². The molecule has 0 N–H and O–H groups in total. The molecule has 0 radical (unpaired) electrons. The molecule has 0 unspecified atom stereocenters. The fourth-order valence-electron chi connectivity index (χ4n) is 1.98. The van der Waals surface area contributed by atoms with Crippen molar-refractivity contribution in [2.24, 2.45) is 0 Å². The summed E-state index contributed by atoms with van der Waals surface area (Å²) in [6.45, 7) is 7.59. The van der Waals surface area contributed by atoms with E-state index in [-0.39, 0.29) is 12.2 Å². The van der Waals surface area contributed by atoms with Crippen LogP contribution in [0, 0.1) is 13.8 Å². The Bertz CT molecular complexity index is 485. The van der Waals surface area contributed by atoms with Gasteiger partial charge in [-0.25, -0.2) is 9.59 Å². The van der Waals surface area contributed by atoms with E-state index in [0.29, 0.717) is 11.3 Å². The van der Waals surface area contributed by atoms with Crippen LogP contribution in [0.15, 0.2) is 9.21 Å². The molecule has 0 saturated heterocycles. The van der Waals surface area contributed by atoms with E-state index in [0.717, 1.165) is 24.8 Å². The van der Waals surface area contributed by atoms with Gasteiger partial charge in [0.15, 0.2) is 0 Å². The summed E-state index contributed by atoms with van der Waals surface area (Å²) in [7, 11) is 0. The normalized spacial score (nSPS) is 10.4. The zero-order valence-electron chi connectivity index (χ0n) is 11.5. The number of hydrogen-bond donors (Lipinski definition) is 0. The Labute approximate surface area is 107 Å². The molecule has 18 heavy (non-hydrogen) atoms. The van der Waals surface area contributed by atoms with Crippen LogP contribution in [0.5, 0.6) is 0 Å². The van der Waals surface area contributed by atoms with E-state index < -0.39 is 11.6 Å². The highest BCUT2D eigenvalue weighted by molar-refractivity contribution is 5.90. The minimum atomic E-state index is -0.608. The lowest BCUT2D eigenvalue weighted by molar-refractivity contribution is 0.0519. The van der Waals surface area contributed by atoms with E-state index >= 15 is 0 Å². The first-order valence-electron chi connectivity index (χ1n) is 6.33. The molecule has 0 atom stereocenters. The molecule has 0 spiro atoms. The van der Waals surface area contributed by atoms with E-state index in [1.807, 2.05) is 0 Å². The Morgan fingerprint density at radius 2 is 1.94 bits per heavy atom. The number of hydrogen-bond acceptors (Lipinski definition) is 4. The molecule has 1 heterocycles. The van der Waals surface area contributed by atoms with Gasteiger partial charge in [0.05, 0.1) is 6.61 Å². The Hall–Kier alpha value is -1.58. The number of esters is 1. The van der Waals surface area contributed by atoms with Crippen molar-refractivity contribution < 1.29 is 13.9 Å². The highest BCUT2D eigenvalue weighted by Crippen LogP contribution is 2.18. The zero-order valence-corrected chi connectivity index (χ0v) is 11.5. The Kier molecular flexibility index (Phi) is 5.13. The first-order chi connectivity index (χ1) is 8.52. The molecule has 0 saturated carbocycles. The Morgan fingerprint density at radius 1 is 1.28 bits per heavy atom. The summed E-state index contributed by atoms with van der Waals surface area (Å²) < 4.78 is 10.0. The minimum absolute atomic E-state index is 0.0357. The maximum Gasteiger partial charge on any atom is 0.350 e. The average molecular weight is 252 g/mol. The van der Waals surface area contributed by atoms with Gasteiger partial charge in [-0.1, -0.05) is 13.3 Å². The van der Waals surface area contributed by atoms with Crippen LogP contribution in [0.25, 0.3) is 0 Å². The van der Waals surface area contributed by atoms with Crippen LogP contribution in [0.4, 0.5) is 0 Å². The van der Waals surface area contributed by atoms with Gasteiger partial charge in [-0.3, -0.25) is 0 Å². The Morgan fingerprint density at radius 3 is 2.50 bits per heavy atom. The third kappa shape index (κ3) is 3.00. The zero-order chi connectivity index (χ0) is 13.7. The third-order valence-electron chi connectivity index (χ3n) is 2.96. The van der Waals surface area contributed by atoms with Gasteiger partial charge in [-0.05, 0) is 44.7 Å². The van der Waals surface area contributed by atoms with Gasteiger partial charge in [0, 0.05) is 0 Å². The van der Waals surface area contributed by atoms with Gasteiger partial charge in [0.1, 0.15) is 11.3 Å². The summed E-state index contributed by atoms with van der Waals surface area (Å²) >= 11 is 0. The SMILES string of the molecule is CCCCc1c(C)oc(=O)c(C(=O)OCC)c1C. The molecular formula is C14H20O4. The molecule has 1 aromatic rings. The second-order valence-corrected chi connectivity index (χ2v) is 4.25. The number of aryl methyl sites for hydroxylation is 1. The summed E-state index contributed by atoms with van der Waals surface area (Å²) in [5.41, 5.74) is 1.06. The van der Waals surface area contributed by atoms with Crippen molar-refractivity contribution in [1.29, 1.82) is 0 Å². The standard InChI is InChI=1S/C14H20O4/c1-5-7-8-11-9(3)12(13(15)17-6-2)14(16)18-10(11)4/h5-8H2,1-4H3. The number of unbranched alkanes of at least 4 members (excludes halogenated alkanes) is 1. The summed E-state index contributed by atoms with van der Waals surface area (Å²) in [5.74, 6) is 0.000460. The van der Waals surface area contributed by atoms with Gasteiger partial charge < -0.3 is 9.15 Å². The van der Waals surface area contributed by atoms with Crippen LogP contribution in [0.2, 0.25) is 0 Å². The quantitative estimate of drug-likeness (QED) is 0.756. The van der Waals surface area contributed by atoms with Gasteiger partial charge in [0.2, 0.25) is 0 Å². The second-order valence-electron chi connectivity index (χ2n) is 4.25. The second kappa shape index (κ2) is 6.38. The number of rotatable bonds is 5. The highest BCUT2D eigenvalue weighted by Gasteiger charge is 2.20. The number of carbonyl (C=O) groups excluding carboxylic acids is 1. The van der Waals surface area contributed by atoms with Gasteiger partial charge in [-0.2, -0.15) is 0 Å². The van der Waals surface area contributed by atoms with Crippen LogP contribution in [-0.2, 0) is 11.2 Å². The molecule has 0 amide bonds. The minimum Gasteiger partial charge on any atom is -0.462 e. The summed E-state index contributed by atoms with van der Waals surface area (Å²) in [5, 5.41) is 0. The first-order valence-corrected chi connectivity index (χ1v) is 6.33. The van der Waals surface area contributed by atoms with Crippen molar-refractivity contribution in [2.75, 3.05) is 6.61 Å². The summed E-state index contributed by atoms with van der Waals surface area (Å²) in [6.07, 6.45) is 2.86. The topological polar surface area (TPSA) is 56.5 Å². The van der Waals surface area contributed by atoms with Crippen LogP contribution in [-0.4, -0.2) is 12.6 Å². The monoisotopic (exact) mass is 252 g/mol. The number of carbonyl (C=O) groups is 1. The molecule has 4 heteroatoms. The van der Waals surface area contributed by atoms with Crippen LogP contribution >= 0.6 is 0 Å². The van der Waals surface area contributed by atoms with E-state index in [2.05, 4.69) is 6.92 Å². The molecule has 0 aliphatic carbocycles. The smallest absolute Gasteiger partial charge is 0.350 e. The molecule has 0 bridgehead atoms. The van der Waals surface area contributed by atoms with Gasteiger partial charge >= 0.3 is 11.6 Å². The van der Waals surface area contributed by atoms with E-state index in [9.17, 15) is 9.59 Å². The van der Waals surface area contributed by atoms with Crippen molar-refractivity contribution >= 4 is 5.97 Å². The third-order valence-corrected chi connectivity index (χ3v) is 2.96. The van der Waals surface area contributed by atoms with Gasteiger partial charge in [-0.15, -0.1) is 0 Å².